The second-order valence-electron chi connectivity index (χ2n) is 7.40. The zero-order valence-electron chi connectivity index (χ0n) is 15.5. The van der Waals surface area contributed by atoms with Crippen LogP contribution in [0, 0.1) is 12.8 Å². The minimum Gasteiger partial charge on any atom is -0.481 e. The molecule has 1 aliphatic heterocycles. The Kier molecular flexibility index (Phi) is 5.74. The number of carboxylic acids is 1. The number of carbonyl (C=O) groups is 2. The molecular formula is C19H26N2O5S. The number of nitrogens with one attached hydrogen (secondary N) is 1. The minimum absolute atomic E-state index is 0.145. The number of hydrogen-bond acceptors (Lipinski definition) is 4. The summed E-state index contributed by atoms with van der Waals surface area (Å²) >= 11 is 0. The first-order chi connectivity index (χ1) is 12.8. The third-order valence-electron chi connectivity index (χ3n) is 5.49. The van der Waals surface area contributed by atoms with Crippen LogP contribution in [-0.2, 0) is 14.8 Å². The molecule has 2 N–H and O–H groups in total. The van der Waals surface area contributed by atoms with Crippen LogP contribution < -0.4 is 9.62 Å². The van der Waals surface area contributed by atoms with Crippen LogP contribution >= 0.6 is 0 Å². The molecule has 2 fully saturated rings. The molecule has 2 aliphatic rings. The summed E-state index contributed by atoms with van der Waals surface area (Å²) in [5.41, 5.74) is 1.69. The summed E-state index contributed by atoms with van der Waals surface area (Å²) in [5.74, 6) is -1.59. The number of aliphatic carboxylic acids is 1. The average Bonchev–Trinajstić information content (AvgIpc) is 2.80. The largest absolute Gasteiger partial charge is 0.481 e. The van der Waals surface area contributed by atoms with Crippen LogP contribution in [0.4, 0.5) is 5.69 Å². The van der Waals surface area contributed by atoms with Crippen LogP contribution in [0.1, 0.15) is 54.4 Å². The number of amides is 1. The number of rotatable bonds is 4. The minimum atomic E-state index is -3.27. The van der Waals surface area contributed by atoms with E-state index in [-0.39, 0.29) is 17.7 Å². The molecule has 1 saturated carbocycles. The van der Waals surface area contributed by atoms with Crippen molar-refractivity contribution in [3.8, 4) is 0 Å². The molecule has 0 radical (unpaired) electrons. The second kappa shape index (κ2) is 7.88. The maximum Gasteiger partial charge on any atom is 0.308 e. The van der Waals surface area contributed by atoms with Gasteiger partial charge in [-0.15, -0.1) is 0 Å². The smallest absolute Gasteiger partial charge is 0.308 e. The van der Waals surface area contributed by atoms with Crippen LogP contribution in [0.25, 0.3) is 0 Å². The Bertz CT molecular complexity index is 837. The molecule has 27 heavy (non-hydrogen) atoms. The molecule has 1 aromatic rings. The Labute approximate surface area is 159 Å². The Morgan fingerprint density at radius 2 is 1.89 bits per heavy atom. The molecule has 7 nitrogen and oxygen atoms in total. The zero-order chi connectivity index (χ0) is 19.6. The molecule has 1 saturated heterocycles. The number of aryl methyl sites for hydroxylation is 1. The first-order valence-electron chi connectivity index (χ1n) is 9.44. The van der Waals surface area contributed by atoms with E-state index < -0.39 is 21.9 Å². The van der Waals surface area contributed by atoms with E-state index in [4.69, 9.17) is 0 Å². The Morgan fingerprint density at radius 1 is 1.15 bits per heavy atom. The normalized spacial score (nSPS) is 25.0. The van der Waals surface area contributed by atoms with Crippen molar-refractivity contribution in [3.63, 3.8) is 0 Å². The molecule has 0 bridgehead atoms. The van der Waals surface area contributed by atoms with Gasteiger partial charge < -0.3 is 10.4 Å². The van der Waals surface area contributed by atoms with Crippen LogP contribution in [-0.4, -0.2) is 43.7 Å². The highest BCUT2D eigenvalue weighted by molar-refractivity contribution is 7.93. The van der Waals surface area contributed by atoms with Gasteiger partial charge in [-0.25, -0.2) is 8.42 Å². The van der Waals surface area contributed by atoms with Gasteiger partial charge in [0.15, 0.2) is 0 Å². The summed E-state index contributed by atoms with van der Waals surface area (Å²) in [6.07, 6.45) is 4.58. The van der Waals surface area contributed by atoms with E-state index in [0.717, 1.165) is 19.3 Å². The monoisotopic (exact) mass is 394 g/mol. The van der Waals surface area contributed by atoms with Crippen LogP contribution in [0.3, 0.4) is 0 Å². The first kappa shape index (κ1) is 19.7. The van der Waals surface area contributed by atoms with Crippen molar-refractivity contribution < 1.29 is 23.1 Å². The maximum atomic E-state index is 12.7. The fraction of sp³-hybridized carbons (Fsp3) is 0.579. The second-order valence-corrected chi connectivity index (χ2v) is 9.42. The molecular weight excluding hydrogens is 368 g/mol. The van der Waals surface area contributed by atoms with Gasteiger partial charge in [-0.2, -0.15) is 0 Å². The quantitative estimate of drug-likeness (QED) is 0.763. The first-order valence-corrected chi connectivity index (χ1v) is 11.1. The van der Waals surface area contributed by atoms with E-state index in [1.165, 1.54) is 4.31 Å². The number of nitrogens with zero attached hydrogens (tertiary/aromatic N) is 1. The Balaban J connectivity index is 1.77. The molecule has 148 valence electrons. The van der Waals surface area contributed by atoms with Gasteiger partial charge in [0.05, 0.1) is 17.4 Å². The number of anilines is 1. The lowest BCUT2D eigenvalue weighted by atomic mass is 9.94. The molecule has 8 heteroatoms. The average molecular weight is 394 g/mol. The topological polar surface area (TPSA) is 104 Å². The van der Waals surface area contributed by atoms with Gasteiger partial charge in [0.25, 0.3) is 5.91 Å². The van der Waals surface area contributed by atoms with E-state index in [9.17, 15) is 23.1 Å². The number of hydrogen-bond donors (Lipinski definition) is 2. The van der Waals surface area contributed by atoms with Crippen molar-refractivity contribution in [1.29, 1.82) is 0 Å². The van der Waals surface area contributed by atoms with Gasteiger partial charge in [0.1, 0.15) is 0 Å². The molecule has 1 aliphatic carbocycles. The van der Waals surface area contributed by atoms with Gasteiger partial charge in [-0.3, -0.25) is 13.9 Å². The number of benzene rings is 1. The summed E-state index contributed by atoms with van der Waals surface area (Å²) < 4.78 is 25.5. The SMILES string of the molecule is Cc1cc(N2CCCS2(=O)=O)ccc1C(=O)N[C@H]1CCCCC[C@H]1C(=O)O. The standard InChI is InChI=1S/C19H26N2O5S/c1-13-12-14(21-10-5-11-27(21,25)26)8-9-15(13)18(22)20-17-7-4-2-3-6-16(17)19(23)24/h8-9,12,16-17H,2-7,10-11H2,1H3,(H,20,22)(H,23,24)/t16-,17+/m1/s1. The highest BCUT2D eigenvalue weighted by atomic mass is 32.2. The summed E-state index contributed by atoms with van der Waals surface area (Å²) in [5, 5.41) is 12.4. The van der Waals surface area contributed by atoms with Crippen molar-refractivity contribution in [1.82, 2.24) is 5.32 Å². The summed E-state index contributed by atoms with van der Waals surface area (Å²) in [4.78, 5) is 24.3. The molecule has 1 amide bonds. The molecule has 1 heterocycles. The fourth-order valence-corrected chi connectivity index (χ4v) is 5.57. The van der Waals surface area contributed by atoms with Crippen LogP contribution in [0.2, 0.25) is 0 Å². The van der Waals surface area contributed by atoms with Gasteiger partial charge >= 0.3 is 5.97 Å². The summed E-state index contributed by atoms with van der Waals surface area (Å²) in [6, 6.07) is 4.60. The third-order valence-corrected chi connectivity index (χ3v) is 7.36. The molecule has 0 unspecified atom stereocenters. The predicted octanol–water partition coefficient (Wildman–Crippen LogP) is 2.30. The molecule has 0 spiro atoms. The van der Waals surface area contributed by atoms with Crippen molar-refractivity contribution in [2.45, 2.75) is 51.5 Å². The van der Waals surface area contributed by atoms with Crippen molar-refractivity contribution >= 4 is 27.6 Å². The third kappa shape index (κ3) is 4.26. The van der Waals surface area contributed by atoms with E-state index in [0.29, 0.717) is 42.6 Å². The van der Waals surface area contributed by atoms with Gasteiger partial charge in [-0.1, -0.05) is 19.3 Å². The number of carboxylic acid groups (broad SMARTS) is 1. The van der Waals surface area contributed by atoms with Gasteiger partial charge in [0.2, 0.25) is 10.0 Å². The molecule has 3 rings (SSSR count). The lowest BCUT2D eigenvalue weighted by molar-refractivity contribution is -0.142. The predicted molar refractivity (Wildman–Crippen MR) is 102 cm³/mol. The van der Waals surface area contributed by atoms with Gasteiger partial charge in [-0.05, 0) is 49.9 Å². The lowest BCUT2D eigenvalue weighted by Crippen LogP contribution is -2.43. The van der Waals surface area contributed by atoms with E-state index in [2.05, 4.69) is 5.32 Å². The van der Waals surface area contributed by atoms with Gasteiger partial charge in [0, 0.05) is 18.2 Å². The van der Waals surface area contributed by atoms with E-state index >= 15 is 0 Å². The molecule has 1 aromatic carbocycles. The molecule has 2 atom stereocenters. The van der Waals surface area contributed by atoms with Crippen LogP contribution in [0.5, 0.6) is 0 Å². The Hall–Kier alpha value is -2.09. The van der Waals surface area contributed by atoms with E-state index in [1.54, 1.807) is 25.1 Å². The van der Waals surface area contributed by atoms with Crippen LogP contribution in [0.15, 0.2) is 18.2 Å². The number of sulfonamides is 1. The van der Waals surface area contributed by atoms with Crippen molar-refractivity contribution in [2.75, 3.05) is 16.6 Å². The highest BCUT2D eigenvalue weighted by Crippen LogP contribution is 2.27. The number of carbonyl (C=O) groups excluding carboxylic acids is 1. The Morgan fingerprint density at radius 3 is 2.52 bits per heavy atom. The van der Waals surface area contributed by atoms with E-state index in [1.807, 2.05) is 0 Å². The summed E-state index contributed by atoms with van der Waals surface area (Å²) in [7, 11) is -3.27. The maximum absolute atomic E-state index is 12.7. The molecule has 0 aromatic heterocycles. The lowest BCUT2D eigenvalue weighted by Gasteiger charge is -2.24. The highest BCUT2D eigenvalue weighted by Gasteiger charge is 2.32. The fourth-order valence-electron chi connectivity index (χ4n) is 4.01. The van der Waals surface area contributed by atoms with Crippen molar-refractivity contribution in [2.24, 2.45) is 5.92 Å². The van der Waals surface area contributed by atoms with Crippen molar-refractivity contribution in [3.05, 3.63) is 29.3 Å². The summed E-state index contributed by atoms with van der Waals surface area (Å²) in [6.45, 7) is 2.22. The zero-order valence-corrected chi connectivity index (χ0v) is 16.3.